The molecule has 1 aromatic carbocycles. The second kappa shape index (κ2) is 6.06. The van der Waals surface area contributed by atoms with Crippen molar-refractivity contribution in [2.45, 2.75) is 4.83 Å². The third-order valence-corrected chi connectivity index (χ3v) is 7.16. The summed E-state index contributed by atoms with van der Waals surface area (Å²) >= 11 is 21.8. The van der Waals surface area contributed by atoms with Crippen LogP contribution in [0.4, 0.5) is 0 Å². The lowest BCUT2D eigenvalue weighted by Crippen LogP contribution is -1.90. The van der Waals surface area contributed by atoms with Crippen LogP contribution in [-0.4, -0.2) is 0 Å². The maximum absolute atomic E-state index is 6.06. The maximum atomic E-state index is 6.06. The van der Waals surface area contributed by atoms with Crippen LogP contribution >= 0.6 is 86.7 Å². The molecule has 0 nitrogen and oxygen atoms in total. The van der Waals surface area contributed by atoms with E-state index in [0.717, 1.165) is 17.8 Å². The van der Waals surface area contributed by atoms with Gasteiger partial charge in [0.2, 0.25) is 0 Å². The molecular weight excluding hydrogens is 519 g/mol. The fraction of sp³-hybridized carbons (Fsp3) is 0.0909. The van der Waals surface area contributed by atoms with Gasteiger partial charge < -0.3 is 0 Å². The van der Waals surface area contributed by atoms with Gasteiger partial charge in [-0.3, -0.25) is 0 Å². The van der Waals surface area contributed by atoms with Crippen molar-refractivity contribution < 1.29 is 0 Å². The summed E-state index contributed by atoms with van der Waals surface area (Å²) < 4.78 is 3.84. The third-order valence-electron chi connectivity index (χ3n) is 2.15. The minimum absolute atomic E-state index is 0.138. The average Bonchev–Trinajstić information content (AvgIpc) is 2.58. The quantitative estimate of drug-likeness (QED) is 0.366. The Morgan fingerprint density at radius 3 is 2.29 bits per heavy atom. The molecule has 0 aliphatic rings. The van der Waals surface area contributed by atoms with Crippen molar-refractivity contribution in [3.8, 4) is 0 Å². The Kier molecular flexibility index (Phi) is 5.18. The minimum Gasteiger partial charge on any atom is -0.126 e. The SMILES string of the molecule is Clc1sc(C(Br)c2ccc(Br)cc2Br)cc1Br. The highest BCUT2D eigenvalue weighted by atomic mass is 79.9. The van der Waals surface area contributed by atoms with Crippen LogP contribution in [-0.2, 0) is 0 Å². The number of hydrogen-bond donors (Lipinski definition) is 0. The van der Waals surface area contributed by atoms with Crippen molar-refractivity contribution in [3.63, 3.8) is 0 Å². The van der Waals surface area contributed by atoms with Crippen LogP contribution in [0, 0.1) is 0 Å². The van der Waals surface area contributed by atoms with Gasteiger partial charge in [0, 0.05) is 18.3 Å². The summed E-state index contributed by atoms with van der Waals surface area (Å²) in [5.74, 6) is 0. The molecule has 1 atom stereocenters. The van der Waals surface area contributed by atoms with Crippen LogP contribution in [0.15, 0.2) is 37.7 Å². The summed E-state index contributed by atoms with van der Waals surface area (Å²) in [7, 11) is 0. The maximum Gasteiger partial charge on any atom is 0.107 e. The van der Waals surface area contributed by atoms with E-state index < -0.39 is 0 Å². The Morgan fingerprint density at radius 1 is 1.06 bits per heavy atom. The average molecular weight is 524 g/mol. The van der Waals surface area contributed by atoms with E-state index in [9.17, 15) is 0 Å². The number of hydrogen-bond acceptors (Lipinski definition) is 1. The lowest BCUT2D eigenvalue weighted by molar-refractivity contribution is 1.20. The lowest BCUT2D eigenvalue weighted by atomic mass is 10.1. The second-order valence-electron chi connectivity index (χ2n) is 3.30. The predicted molar refractivity (Wildman–Crippen MR) is 89.6 cm³/mol. The van der Waals surface area contributed by atoms with Crippen molar-refractivity contribution in [2.24, 2.45) is 0 Å². The van der Waals surface area contributed by atoms with E-state index in [1.807, 2.05) is 18.2 Å². The molecule has 1 heterocycles. The van der Waals surface area contributed by atoms with Crippen molar-refractivity contribution in [3.05, 3.63) is 52.5 Å². The van der Waals surface area contributed by atoms with Gasteiger partial charge in [0.15, 0.2) is 0 Å². The van der Waals surface area contributed by atoms with E-state index in [-0.39, 0.29) is 4.83 Å². The first kappa shape index (κ1) is 14.5. The monoisotopic (exact) mass is 520 g/mol. The van der Waals surface area contributed by atoms with Gasteiger partial charge in [-0.15, -0.1) is 11.3 Å². The van der Waals surface area contributed by atoms with E-state index in [4.69, 9.17) is 11.6 Å². The van der Waals surface area contributed by atoms with Crippen LogP contribution in [0.1, 0.15) is 15.3 Å². The zero-order valence-electron chi connectivity index (χ0n) is 8.18. The van der Waals surface area contributed by atoms with E-state index in [1.165, 1.54) is 10.4 Å². The van der Waals surface area contributed by atoms with Crippen molar-refractivity contribution in [1.29, 1.82) is 0 Å². The lowest BCUT2D eigenvalue weighted by Gasteiger charge is -2.10. The molecule has 0 N–H and O–H groups in total. The number of alkyl halides is 1. The molecule has 0 bridgehead atoms. The first-order chi connectivity index (χ1) is 7.99. The summed E-state index contributed by atoms with van der Waals surface area (Å²) in [5, 5.41) is 0. The Labute approximate surface area is 142 Å². The Balaban J connectivity index is 2.39. The molecule has 17 heavy (non-hydrogen) atoms. The van der Waals surface area contributed by atoms with Crippen molar-refractivity contribution in [1.82, 2.24) is 0 Å². The first-order valence-corrected chi connectivity index (χ1v) is 9.01. The predicted octanol–water partition coefficient (Wildman–Crippen LogP) is 7.17. The Morgan fingerprint density at radius 2 is 1.76 bits per heavy atom. The number of halogens is 5. The van der Waals surface area contributed by atoms with Gasteiger partial charge >= 0.3 is 0 Å². The molecule has 0 spiro atoms. The highest BCUT2D eigenvalue weighted by molar-refractivity contribution is 9.11. The van der Waals surface area contributed by atoms with Crippen molar-refractivity contribution >= 4 is 86.7 Å². The number of thiophene rings is 1. The first-order valence-electron chi connectivity index (χ1n) is 4.53. The molecule has 1 unspecified atom stereocenters. The summed E-state index contributed by atoms with van der Waals surface area (Å²) in [6, 6.07) is 8.18. The molecule has 0 saturated heterocycles. The van der Waals surface area contributed by atoms with Gasteiger partial charge in [-0.25, -0.2) is 0 Å². The van der Waals surface area contributed by atoms with Crippen LogP contribution < -0.4 is 0 Å². The smallest absolute Gasteiger partial charge is 0.107 e. The molecule has 0 amide bonds. The van der Waals surface area contributed by atoms with Gasteiger partial charge in [-0.2, -0.15) is 0 Å². The molecule has 0 aliphatic carbocycles. The topological polar surface area (TPSA) is 0 Å². The van der Waals surface area contributed by atoms with Crippen LogP contribution in [0.3, 0.4) is 0 Å². The normalized spacial score (nSPS) is 12.8. The number of rotatable bonds is 2. The largest absolute Gasteiger partial charge is 0.126 e. The molecule has 0 radical (unpaired) electrons. The highest BCUT2D eigenvalue weighted by Crippen LogP contribution is 2.43. The molecule has 2 rings (SSSR count). The van der Waals surface area contributed by atoms with Crippen LogP contribution in [0.2, 0.25) is 4.34 Å². The van der Waals surface area contributed by atoms with Crippen LogP contribution in [0.5, 0.6) is 0 Å². The van der Waals surface area contributed by atoms with E-state index >= 15 is 0 Å². The van der Waals surface area contributed by atoms with Crippen LogP contribution in [0.25, 0.3) is 0 Å². The fourth-order valence-corrected chi connectivity index (χ4v) is 5.48. The van der Waals surface area contributed by atoms with Gasteiger partial charge in [0.05, 0.1) is 4.83 Å². The minimum atomic E-state index is 0.138. The number of benzene rings is 1. The van der Waals surface area contributed by atoms with Gasteiger partial charge in [0.25, 0.3) is 0 Å². The molecule has 6 heteroatoms. The van der Waals surface area contributed by atoms with E-state index in [0.29, 0.717) is 0 Å². The third kappa shape index (κ3) is 3.37. The summed E-state index contributed by atoms with van der Waals surface area (Å²) in [6.45, 7) is 0. The molecule has 90 valence electrons. The Bertz CT molecular complexity index is 533. The standard InChI is InChI=1S/C11H5Br4ClS/c12-5-1-2-6(7(13)3-5)10(15)9-4-8(14)11(16)17-9/h1-4,10H. The molecule has 0 fully saturated rings. The van der Waals surface area contributed by atoms with Crippen molar-refractivity contribution in [2.75, 3.05) is 0 Å². The van der Waals surface area contributed by atoms with Gasteiger partial charge in [-0.05, 0) is 39.7 Å². The van der Waals surface area contributed by atoms with Gasteiger partial charge in [0.1, 0.15) is 4.34 Å². The Hall–Kier alpha value is 1.13. The molecule has 1 aromatic heterocycles. The zero-order chi connectivity index (χ0) is 12.6. The van der Waals surface area contributed by atoms with E-state index in [2.05, 4.69) is 69.8 Å². The summed E-state index contributed by atoms with van der Waals surface area (Å²) in [4.78, 5) is 1.31. The highest BCUT2D eigenvalue weighted by Gasteiger charge is 2.17. The second-order valence-corrected chi connectivity index (χ2v) is 8.52. The fourth-order valence-electron chi connectivity index (χ4n) is 1.35. The van der Waals surface area contributed by atoms with Gasteiger partial charge in [-0.1, -0.05) is 65.5 Å². The molecular formula is C11H5Br4ClS. The zero-order valence-corrected chi connectivity index (χ0v) is 16.1. The summed E-state index contributed by atoms with van der Waals surface area (Å²) in [5.41, 5.74) is 1.18. The molecule has 0 aliphatic heterocycles. The van der Waals surface area contributed by atoms with E-state index in [1.54, 1.807) is 11.3 Å². The summed E-state index contributed by atoms with van der Waals surface area (Å²) in [6.07, 6.45) is 0. The molecule has 0 saturated carbocycles. The molecule has 2 aromatic rings.